The van der Waals surface area contributed by atoms with Crippen LogP contribution < -0.4 is 0 Å². The molecule has 0 radical (unpaired) electrons. The van der Waals surface area contributed by atoms with E-state index in [2.05, 4.69) is 55.4 Å². The first-order chi connectivity index (χ1) is 15.5. The zero-order valence-electron chi connectivity index (χ0n) is 23.7. The molecule has 0 spiro atoms. The molecule has 0 N–H and O–H groups in total. The molecule has 3 fully saturated rings. The van der Waals surface area contributed by atoms with Crippen LogP contribution in [0.15, 0.2) is 0 Å². The van der Waals surface area contributed by atoms with E-state index in [1.165, 1.54) is 83.3 Å². The Kier molecular flexibility index (Phi) is 8.87. The molecule has 0 saturated heterocycles. The second kappa shape index (κ2) is 10.7. The molecule has 3 rings (SSSR count). The van der Waals surface area contributed by atoms with Gasteiger partial charge >= 0.3 is 0 Å². The molecule has 3 saturated carbocycles. The molecule has 0 bridgehead atoms. The fourth-order valence-corrected chi connectivity index (χ4v) is 9.66. The molecule has 0 aliphatic heterocycles. The van der Waals surface area contributed by atoms with Crippen LogP contribution in [-0.4, -0.2) is 6.29 Å². The summed E-state index contributed by atoms with van der Waals surface area (Å²) in [7, 11) is 0. The summed E-state index contributed by atoms with van der Waals surface area (Å²) in [5.41, 5.74) is 1.31. The van der Waals surface area contributed by atoms with Crippen molar-refractivity contribution in [3.63, 3.8) is 0 Å². The van der Waals surface area contributed by atoms with Gasteiger partial charge in [-0.05, 0) is 109 Å². The van der Waals surface area contributed by atoms with Gasteiger partial charge in [0.25, 0.3) is 0 Å². The molecule has 3 aliphatic carbocycles. The van der Waals surface area contributed by atoms with Crippen molar-refractivity contribution < 1.29 is 4.79 Å². The minimum absolute atomic E-state index is 0.366. The van der Waals surface area contributed by atoms with E-state index < -0.39 is 0 Å². The van der Waals surface area contributed by atoms with Crippen LogP contribution in [0, 0.1) is 57.7 Å². The van der Waals surface area contributed by atoms with Crippen LogP contribution in [0.2, 0.25) is 0 Å². The average molecular weight is 459 g/mol. The number of unbranched alkanes of at least 4 members (excludes halogenated alkanes) is 1. The van der Waals surface area contributed by atoms with Crippen LogP contribution in [0.3, 0.4) is 0 Å². The molecule has 0 aromatic rings. The van der Waals surface area contributed by atoms with Crippen LogP contribution >= 0.6 is 0 Å². The molecule has 0 heterocycles. The molecule has 1 heteroatoms. The number of rotatable bonds is 10. The molecule has 0 amide bonds. The zero-order valence-corrected chi connectivity index (χ0v) is 23.7. The first-order valence-electron chi connectivity index (χ1n) is 14.9. The van der Waals surface area contributed by atoms with Crippen molar-refractivity contribution in [1.29, 1.82) is 0 Å². The Hall–Kier alpha value is -0.330. The lowest BCUT2D eigenvalue weighted by Crippen LogP contribution is -2.55. The van der Waals surface area contributed by atoms with Gasteiger partial charge in [0.1, 0.15) is 6.29 Å². The summed E-state index contributed by atoms with van der Waals surface area (Å²) in [6.45, 7) is 19.8. The second-order valence-electron chi connectivity index (χ2n) is 14.9. The van der Waals surface area contributed by atoms with Gasteiger partial charge in [-0.25, -0.2) is 0 Å². The van der Waals surface area contributed by atoms with Crippen LogP contribution in [-0.2, 0) is 4.79 Å². The summed E-state index contributed by atoms with van der Waals surface area (Å²) in [4.78, 5) is 11.8. The van der Waals surface area contributed by atoms with E-state index in [0.717, 1.165) is 41.9 Å². The Balaban J connectivity index is 1.87. The molecule has 0 aromatic heterocycles. The Morgan fingerprint density at radius 1 is 1.00 bits per heavy atom. The summed E-state index contributed by atoms with van der Waals surface area (Å²) >= 11 is 0. The highest BCUT2D eigenvalue weighted by atomic mass is 16.1. The van der Waals surface area contributed by atoms with Gasteiger partial charge in [0, 0.05) is 6.42 Å². The lowest BCUT2D eigenvalue weighted by molar-refractivity contribution is -0.140. The van der Waals surface area contributed by atoms with Gasteiger partial charge in [-0.1, -0.05) is 81.1 Å². The normalized spacial score (nSPS) is 41.1. The minimum Gasteiger partial charge on any atom is -0.303 e. The van der Waals surface area contributed by atoms with E-state index in [9.17, 15) is 4.79 Å². The van der Waals surface area contributed by atoms with Crippen molar-refractivity contribution in [1.82, 2.24) is 0 Å². The molecule has 33 heavy (non-hydrogen) atoms. The fraction of sp³-hybridized carbons (Fsp3) is 0.969. The quantitative estimate of drug-likeness (QED) is 0.235. The van der Waals surface area contributed by atoms with Crippen LogP contribution in [0.1, 0.15) is 139 Å². The summed E-state index contributed by atoms with van der Waals surface area (Å²) in [6, 6.07) is 0. The molecule has 3 aliphatic rings. The highest BCUT2D eigenvalue weighted by Gasteiger charge is 2.61. The Morgan fingerprint density at radius 2 is 1.73 bits per heavy atom. The van der Waals surface area contributed by atoms with Gasteiger partial charge in [0.05, 0.1) is 0 Å². The third-order valence-electron chi connectivity index (χ3n) is 11.1. The lowest BCUT2D eigenvalue weighted by Gasteiger charge is -2.62. The van der Waals surface area contributed by atoms with Crippen molar-refractivity contribution in [3.05, 3.63) is 0 Å². The highest BCUT2D eigenvalue weighted by Crippen LogP contribution is 2.69. The average Bonchev–Trinajstić information content (AvgIpc) is 3.04. The number of carbonyl (C=O) groups excluding carboxylic acids is 1. The topological polar surface area (TPSA) is 17.1 Å². The molecule has 1 nitrogen and oxygen atoms in total. The number of hydrogen-bond acceptors (Lipinski definition) is 1. The SMILES string of the molecule is CCCC1(C)C(CC=O)CC(CC(C)(C)C)C2C3CCC(CCCCC(C)C)C3(C)CCC21. The minimum atomic E-state index is 0.366. The van der Waals surface area contributed by atoms with Gasteiger partial charge < -0.3 is 4.79 Å². The van der Waals surface area contributed by atoms with Gasteiger partial charge in [0.2, 0.25) is 0 Å². The summed E-state index contributed by atoms with van der Waals surface area (Å²) in [5.74, 6) is 5.87. The van der Waals surface area contributed by atoms with Crippen molar-refractivity contribution in [2.45, 2.75) is 139 Å². The van der Waals surface area contributed by atoms with E-state index in [0.29, 0.717) is 22.2 Å². The summed E-state index contributed by atoms with van der Waals surface area (Å²) < 4.78 is 0. The van der Waals surface area contributed by atoms with Crippen LogP contribution in [0.5, 0.6) is 0 Å². The second-order valence-corrected chi connectivity index (χ2v) is 14.9. The maximum atomic E-state index is 11.8. The highest BCUT2D eigenvalue weighted by molar-refractivity contribution is 5.50. The van der Waals surface area contributed by atoms with E-state index >= 15 is 0 Å². The molecule has 192 valence electrons. The van der Waals surface area contributed by atoms with Gasteiger partial charge in [0.15, 0.2) is 0 Å². The molecular formula is C32H58O. The number of aldehydes is 1. The Morgan fingerprint density at radius 3 is 2.33 bits per heavy atom. The third-order valence-corrected chi connectivity index (χ3v) is 11.1. The standard InChI is InChI=1S/C32H58O/c1-9-18-31(7)26(17-20-33)21-24(22-30(4,5)6)29-27-15-14-25(13-11-10-12-23(2)3)32(27,8)19-16-28(29)31/h20,23-29H,9-19,21-22H2,1-8H3. The summed E-state index contributed by atoms with van der Waals surface area (Å²) in [6.07, 6.45) is 18.9. The maximum absolute atomic E-state index is 11.8. The van der Waals surface area contributed by atoms with Gasteiger partial charge in [-0.2, -0.15) is 0 Å². The van der Waals surface area contributed by atoms with Crippen molar-refractivity contribution in [3.8, 4) is 0 Å². The van der Waals surface area contributed by atoms with Crippen molar-refractivity contribution in [2.24, 2.45) is 57.7 Å². The Labute approximate surface area is 207 Å². The predicted molar refractivity (Wildman–Crippen MR) is 143 cm³/mol. The molecule has 0 aromatic carbocycles. The lowest BCUT2D eigenvalue weighted by atomic mass is 9.42. The van der Waals surface area contributed by atoms with E-state index in [1.807, 2.05) is 0 Å². The predicted octanol–water partition coefficient (Wildman–Crippen LogP) is 9.73. The monoisotopic (exact) mass is 458 g/mol. The van der Waals surface area contributed by atoms with Crippen LogP contribution in [0.4, 0.5) is 0 Å². The third kappa shape index (κ3) is 5.74. The smallest absolute Gasteiger partial charge is 0.120 e. The molecule has 8 unspecified atom stereocenters. The van der Waals surface area contributed by atoms with Gasteiger partial charge in [-0.3, -0.25) is 0 Å². The number of hydrogen-bond donors (Lipinski definition) is 0. The van der Waals surface area contributed by atoms with E-state index in [1.54, 1.807) is 0 Å². The number of carbonyl (C=O) groups is 1. The first-order valence-corrected chi connectivity index (χ1v) is 14.9. The first kappa shape index (κ1) is 27.3. The Bertz CT molecular complexity index is 629. The zero-order chi connectivity index (χ0) is 24.4. The summed E-state index contributed by atoms with van der Waals surface area (Å²) in [5, 5.41) is 0. The molecular weight excluding hydrogens is 400 g/mol. The van der Waals surface area contributed by atoms with E-state index in [-0.39, 0.29) is 0 Å². The van der Waals surface area contributed by atoms with Gasteiger partial charge in [-0.15, -0.1) is 0 Å². The van der Waals surface area contributed by atoms with Crippen molar-refractivity contribution in [2.75, 3.05) is 0 Å². The van der Waals surface area contributed by atoms with Crippen molar-refractivity contribution >= 4 is 6.29 Å². The largest absolute Gasteiger partial charge is 0.303 e. The maximum Gasteiger partial charge on any atom is 0.120 e. The molecule has 8 atom stereocenters. The fourth-order valence-electron chi connectivity index (χ4n) is 9.66. The van der Waals surface area contributed by atoms with Crippen LogP contribution in [0.25, 0.3) is 0 Å². The number of fused-ring (bicyclic) bond motifs is 3. The van der Waals surface area contributed by atoms with E-state index in [4.69, 9.17) is 0 Å².